The molecule has 0 saturated heterocycles. The van der Waals surface area contributed by atoms with Crippen LogP contribution in [-0.4, -0.2) is 25.3 Å². The first-order valence-corrected chi connectivity index (χ1v) is 11.2. The van der Waals surface area contributed by atoms with Gasteiger partial charge in [-0.15, -0.1) is 0 Å². The number of ether oxygens (including phenoxy) is 2. The first-order chi connectivity index (χ1) is 15.5. The molecule has 0 unspecified atom stereocenters. The van der Waals surface area contributed by atoms with Crippen molar-refractivity contribution in [3.05, 3.63) is 64.7 Å². The topological polar surface area (TPSA) is 76.7 Å². The average Bonchev–Trinajstić information content (AvgIpc) is 3.59. The summed E-state index contributed by atoms with van der Waals surface area (Å²) in [5.41, 5.74) is 5.06. The number of carbonyl (C=O) groups is 2. The van der Waals surface area contributed by atoms with Gasteiger partial charge in [-0.2, -0.15) is 0 Å². The summed E-state index contributed by atoms with van der Waals surface area (Å²) in [7, 11) is 0. The Morgan fingerprint density at radius 1 is 0.750 bits per heavy atom. The summed E-state index contributed by atoms with van der Waals surface area (Å²) in [4.78, 5) is 24.1. The van der Waals surface area contributed by atoms with Crippen molar-refractivity contribution in [1.29, 1.82) is 0 Å². The van der Waals surface area contributed by atoms with E-state index in [1.54, 1.807) is 0 Å². The van der Waals surface area contributed by atoms with Crippen molar-refractivity contribution < 1.29 is 19.1 Å². The number of para-hydroxylation sites is 2. The predicted molar refractivity (Wildman–Crippen MR) is 126 cm³/mol. The third-order valence-electron chi connectivity index (χ3n) is 5.41. The molecule has 6 nitrogen and oxygen atoms in total. The normalized spacial score (nSPS) is 12.0. The lowest BCUT2D eigenvalue weighted by molar-refractivity contribution is 0.198. The van der Waals surface area contributed by atoms with E-state index in [0.717, 1.165) is 54.4 Å². The van der Waals surface area contributed by atoms with E-state index < -0.39 is 12.2 Å². The summed E-state index contributed by atoms with van der Waals surface area (Å²) in [6.45, 7) is 6.91. The van der Waals surface area contributed by atoms with Crippen LogP contribution in [0.25, 0.3) is 5.57 Å². The number of benzene rings is 2. The molecule has 32 heavy (non-hydrogen) atoms. The van der Waals surface area contributed by atoms with Gasteiger partial charge in [0.1, 0.15) is 11.5 Å². The molecule has 2 amide bonds. The lowest BCUT2D eigenvalue weighted by Gasteiger charge is -2.12. The maximum atomic E-state index is 12.2. The number of hydrogen-bond acceptors (Lipinski definition) is 4. The zero-order valence-corrected chi connectivity index (χ0v) is 19.1. The third kappa shape index (κ3) is 6.87. The fourth-order valence-corrected chi connectivity index (χ4v) is 3.51. The molecule has 3 rings (SSSR count). The van der Waals surface area contributed by atoms with E-state index in [1.165, 1.54) is 5.57 Å². The van der Waals surface area contributed by atoms with Gasteiger partial charge < -0.3 is 20.1 Å². The van der Waals surface area contributed by atoms with Crippen molar-refractivity contribution in [3.63, 3.8) is 0 Å². The van der Waals surface area contributed by atoms with Crippen molar-refractivity contribution in [2.24, 2.45) is 0 Å². The molecular weight excluding hydrogens is 404 g/mol. The van der Waals surface area contributed by atoms with Gasteiger partial charge in [-0.25, -0.2) is 9.59 Å². The summed E-state index contributed by atoms with van der Waals surface area (Å²) >= 11 is 0. The van der Waals surface area contributed by atoms with Gasteiger partial charge in [0.25, 0.3) is 0 Å². The minimum atomic E-state index is -0.427. The molecule has 1 aliphatic rings. The number of unbranched alkanes of at least 4 members (excludes halogenated alkanes) is 3. The number of carbonyl (C=O) groups excluding carboxylic acids is 2. The van der Waals surface area contributed by atoms with Gasteiger partial charge in [-0.3, -0.25) is 0 Å². The smallest absolute Gasteiger partial charge is 0.410 e. The van der Waals surface area contributed by atoms with Crippen LogP contribution in [0.1, 0.15) is 54.4 Å². The molecule has 2 aromatic carbocycles. The SMILES string of the molecule is Cc1cccc(C)c1OC(=O)NCCCCCCNC(=O)Oc1c(C)cccc1C1=CC1. The Hall–Kier alpha value is -3.28. The second kappa shape index (κ2) is 11.4. The van der Waals surface area contributed by atoms with E-state index in [9.17, 15) is 9.59 Å². The molecule has 6 heteroatoms. The van der Waals surface area contributed by atoms with Crippen LogP contribution < -0.4 is 20.1 Å². The minimum absolute atomic E-state index is 0.419. The first kappa shape index (κ1) is 23.4. The standard InChI is InChI=1S/C26H32N2O4/c1-18-10-8-11-19(2)23(18)31-25(29)27-16-6-4-5-7-17-28-26(30)32-24-20(3)12-9-13-22(24)21-14-15-21/h8-14H,4-7,15-17H2,1-3H3,(H,27,29)(H,28,30). The molecule has 0 bridgehead atoms. The molecule has 0 spiro atoms. The van der Waals surface area contributed by atoms with Crippen LogP contribution in [-0.2, 0) is 0 Å². The summed E-state index contributed by atoms with van der Waals surface area (Å²) in [6, 6.07) is 11.7. The van der Waals surface area contributed by atoms with Crippen LogP contribution in [0.4, 0.5) is 9.59 Å². The summed E-state index contributed by atoms with van der Waals surface area (Å²) < 4.78 is 11.0. The van der Waals surface area contributed by atoms with E-state index >= 15 is 0 Å². The van der Waals surface area contributed by atoms with Gasteiger partial charge in [-0.05, 0) is 62.3 Å². The number of aryl methyl sites for hydroxylation is 3. The quantitative estimate of drug-likeness (QED) is 0.459. The highest BCUT2D eigenvalue weighted by atomic mass is 16.6. The third-order valence-corrected chi connectivity index (χ3v) is 5.41. The average molecular weight is 437 g/mol. The summed E-state index contributed by atoms with van der Waals surface area (Å²) in [5, 5.41) is 5.61. The molecule has 2 N–H and O–H groups in total. The molecule has 0 aromatic heterocycles. The summed E-state index contributed by atoms with van der Waals surface area (Å²) in [6.07, 6.45) is 5.86. The molecule has 0 aliphatic heterocycles. The van der Waals surface area contributed by atoms with E-state index in [2.05, 4.69) is 16.7 Å². The van der Waals surface area contributed by atoms with Crippen molar-refractivity contribution >= 4 is 17.8 Å². The largest absolute Gasteiger partial charge is 0.412 e. The second-order valence-corrected chi connectivity index (χ2v) is 8.15. The van der Waals surface area contributed by atoms with E-state index in [4.69, 9.17) is 9.47 Å². The maximum absolute atomic E-state index is 12.2. The van der Waals surface area contributed by atoms with Crippen molar-refractivity contribution in [2.75, 3.05) is 13.1 Å². The molecule has 0 atom stereocenters. The minimum Gasteiger partial charge on any atom is -0.410 e. The van der Waals surface area contributed by atoms with Gasteiger partial charge in [0.05, 0.1) is 0 Å². The van der Waals surface area contributed by atoms with Crippen LogP contribution in [0.5, 0.6) is 11.5 Å². The van der Waals surface area contributed by atoms with Crippen LogP contribution in [0.15, 0.2) is 42.5 Å². The Labute approximate surface area is 190 Å². The highest BCUT2D eigenvalue weighted by molar-refractivity contribution is 5.83. The Kier molecular flexibility index (Phi) is 8.31. The van der Waals surface area contributed by atoms with Gasteiger partial charge in [-0.1, -0.05) is 55.3 Å². The molecule has 1 aliphatic carbocycles. The lowest BCUT2D eigenvalue weighted by Crippen LogP contribution is -2.28. The monoisotopic (exact) mass is 436 g/mol. The molecule has 0 saturated carbocycles. The number of nitrogens with one attached hydrogen (secondary N) is 2. The van der Waals surface area contributed by atoms with E-state index in [0.29, 0.717) is 24.6 Å². The predicted octanol–water partition coefficient (Wildman–Crippen LogP) is 5.84. The molecular formula is C26H32N2O4. The molecule has 0 radical (unpaired) electrons. The van der Waals surface area contributed by atoms with Crippen LogP contribution in [0, 0.1) is 20.8 Å². The second-order valence-electron chi connectivity index (χ2n) is 8.15. The summed E-state index contributed by atoms with van der Waals surface area (Å²) in [5.74, 6) is 1.27. The first-order valence-electron chi connectivity index (χ1n) is 11.2. The van der Waals surface area contributed by atoms with Crippen LogP contribution in [0.3, 0.4) is 0 Å². The number of hydrogen-bond donors (Lipinski definition) is 2. The van der Waals surface area contributed by atoms with Gasteiger partial charge in [0.15, 0.2) is 0 Å². The van der Waals surface area contributed by atoms with Crippen LogP contribution in [0.2, 0.25) is 0 Å². The lowest BCUT2D eigenvalue weighted by atomic mass is 10.1. The van der Waals surface area contributed by atoms with Crippen molar-refractivity contribution in [3.8, 4) is 11.5 Å². The van der Waals surface area contributed by atoms with Crippen molar-refractivity contribution in [2.45, 2.75) is 52.9 Å². The fraction of sp³-hybridized carbons (Fsp3) is 0.385. The van der Waals surface area contributed by atoms with E-state index in [-0.39, 0.29) is 0 Å². The number of allylic oxidation sites excluding steroid dienone is 2. The van der Waals surface area contributed by atoms with Gasteiger partial charge in [0.2, 0.25) is 0 Å². The zero-order chi connectivity index (χ0) is 22.9. The molecule has 0 heterocycles. The highest BCUT2D eigenvalue weighted by Crippen LogP contribution is 2.38. The Balaban J connectivity index is 1.26. The highest BCUT2D eigenvalue weighted by Gasteiger charge is 2.18. The van der Waals surface area contributed by atoms with Crippen LogP contribution >= 0.6 is 0 Å². The maximum Gasteiger partial charge on any atom is 0.412 e. The molecule has 0 fully saturated rings. The Morgan fingerprint density at radius 2 is 1.22 bits per heavy atom. The zero-order valence-electron chi connectivity index (χ0n) is 19.1. The fourth-order valence-electron chi connectivity index (χ4n) is 3.51. The van der Waals surface area contributed by atoms with E-state index in [1.807, 2.05) is 57.2 Å². The molecule has 2 aromatic rings. The number of rotatable bonds is 10. The van der Waals surface area contributed by atoms with Crippen molar-refractivity contribution in [1.82, 2.24) is 10.6 Å². The van der Waals surface area contributed by atoms with Gasteiger partial charge in [0, 0.05) is 18.7 Å². The Bertz CT molecular complexity index is 977. The van der Waals surface area contributed by atoms with Gasteiger partial charge >= 0.3 is 12.2 Å². The number of amides is 2. The molecule has 170 valence electrons. The Morgan fingerprint density at radius 3 is 1.75 bits per heavy atom.